The molecule has 0 fully saturated rings. The first-order valence-electron chi connectivity index (χ1n) is 8.35. The smallest absolute Gasteiger partial charge is 0.343 e. The van der Waals surface area contributed by atoms with Crippen LogP contribution in [0, 0.1) is 6.92 Å². The Bertz CT molecular complexity index is 959. The molecule has 0 bridgehead atoms. The van der Waals surface area contributed by atoms with Gasteiger partial charge in [-0.05, 0) is 103 Å². The average Bonchev–Trinajstić information content (AvgIpc) is 2.64. The predicted molar refractivity (Wildman–Crippen MR) is 114 cm³/mol. The number of carbonyl (C=O) groups is 3. The van der Waals surface area contributed by atoms with Gasteiger partial charge in [0.25, 0.3) is 0 Å². The summed E-state index contributed by atoms with van der Waals surface area (Å²) in [7, 11) is 0. The van der Waals surface area contributed by atoms with E-state index in [2.05, 4.69) is 13.2 Å². The molecular formula is C22H20O4S2. The van der Waals surface area contributed by atoms with Gasteiger partial charge in [-0.3, -0.25) is 9.59 Å². The summed E-state index contributed by atoms with van der Waals surface area (Å²) in [5.74, 6) is -0.116. The summed E-state index contributed by atoms with van der Waals surface area (Å²) in [6, 6.07) is 11.7. The molecule has 2 aromatic carbocycles. The molecule has 0 saturated carbocycles. The summed E-state index contributed by atoms with van der Waals surface area (Å²) in [5, 5.41) is -0.218. The van der Waals surface area contributed by atoms with Crippen molar-refractivity contribution in [3.63, 3.8) is 0 Å². The first-order chi connectivity index (χ1) is 13.2. The molecule has 0 unspecified atom stereocenters. The first kappa shape index (κ1) is 21.7. The predicted octanol–water partition coefficient (Wildman–Crippen LogP) is 5.60. The van der Waals surface area contributed by atoms with Crippen LogP contribution in [0.2, 0.25) is 0 Å². The van der Waals surface area contributed by atoms with Crippen LogP contribution in [-0.4, -0.2) is 16.2 Å². The maximum Gasteiger partial charge on any atom is 0.343 e. The monoisotopic (exact) mass is 412 g/mol. The van der Waals surface area contributed by atoms with Crippen molar-refractivity contribution in [3.8, 4) is 5.75 Å². The molecule has 0 N–H and O–H groups in total. The molecule has 0 heterocycles. The van der Waals surface area contributed by atoms with Crippen LogP contribution in [0.4, 0.5) is 0 Å². The minimum absolute atomic E-state index is 0.108. The van der Waals surface area contributed by atoms with Crippen molar-refractivity contribution in [3.05, 3.63) is 77.9 Å². The Hall–Kier alpha value is -2.57. The van der Waals surface area contributed by atoms with Gasteiger partial charge in [-0.15, -0.1) is 0 Å². The number of carbonyl (C=O) groups excluding carboxylic acids is 3. The zero-order valence-electron chi connectivity index (χ0n) is 15.9. The summed E-state index contributed by atoms with van der Waals surface area (Å²) < 4.78 is 5.38. The Morgan fingerprint density at radius 2 is 1.43 bits per heavy atom. The van der Waals surface area contributed by atoms with Crippen LogP contribution in [0.25, 0.3) is 0 Å². The second kappa shape index (κ2) is 9.57. The molecule has 0 amide bonds. The average molecular weight is 413 g/mol. The molecule has 0 radical (unpaired) electrons. The third kappa shape index (κ3) is 5.97. The summed E-state index contributed by atoms with van der Waals surface area (Å²) in [5.41, 5.74) is 2.14. The Kier molecular flexibility index (Phi) is 7.43. The lowest BCUT2D eigenvalue weighted by atomic mass is 10.1. The molecular weight excluding hydrogens is 392 g/mol. The van der Waals surface area contributed by atoms with Crippen LogP contribution in [0.1, 0.15) is 29.8 Å². The maximum atomic E-state index is 12.4. The SMILES string of the molecule is C=C(C)C(=O)Sc1ccc(OC(=O)c2ccc(SC(=O)C(=C)C)c(C)c2)cc1. The zero-order chi connectivity index (χ0) is 20.8. The van der Waals surface area contributed by atoms with Gasteiger partial charge in [0.2, 0.25) is 10.2 Å². The van der Waals surface area contributed by atoms with Crippen LogP contribution in [-0.2, 0) is 9.59 Å². The second-order valence-electron chi connectivity index (χ2n) is 6.18. The standard InChI is InChI=1S/C22H20O4S2/c1-13(2)21(24)27-18-9-7-17(8-10-18)26-20(23)16-6-11-19(15(5)12-16)28-22(25)14(3)4/h6-12H,1,3H2,2,4-5H3. The summed E-state index contributed by atoms with van der Waals surface area (Å²) in [4.78, 5) is 37.4. The fourth-order valence-electron chi connectivity index (χ4n) is 2.01. The van der Waals surface area contributed by atoms with Gasteiger partial charge in [-0.1, -0.05) is 13.2 Å². The van der Waals surface area contributed by atoms with E-state index in [0.717, 1.165) is 38.9 Å². The van der Waals surface area contributed by atoms with Gasteiger partial charge in [0.05, 0.1) is 5.56 Å². The fourth-order valence-corrected chi connectivity index (χ4v) is 3.40. The molecule has 28 heavy (non-hydrogen) atoms. The van der Waals surface area contributed by atoms with Crippen LogP contribution in [0.15, 0.2) is 76.6 Å². The van der Waals surface area contributed by atoms with Gasteiger partial charge in [0, 0.05) is 9.79 Å². The van der Waals surface area contributed by atoms with Crippen molar-refractivity contribution in [1.29, 1.82) is 0 Å². The van der Waals surface area contributed by atoms with E-state index in [9.17, 15) is 14.4 Å². The first-order valence-corrected chi connectivity index (χ1v) is 9.99. The number of thioether (sulfide) groups is 2. The van der Waals surface area contributed by atoms with E-state index in [-0.39, 0.29) is 10.2 Å². The largest absolute Gasteiger partial charge is 0.423 e. The molecule has 0 atom stereocenters. The maximum absolute atomic E-state index is 12.4. The Morgan fingerprint density at radius 1 is 0.857 bits per heavy atom. The van der Waals surface area contributed by atoms with Crippen LogP contribution in [0.3, 0.4) is 0 Å². The lowest BCUT2D eigenvalue weighted by Crippen LogP contribution is -2.09. The van der Waals surface area contributed by atoms with E-state index in [4.69, 9.17) is 4.74 Å². The number of rotatable bonds is 6. The van der Waals surface area contributed by atoms with Crippen molar-refractivity contribution in [2.75, 3.05) is 0 Å². The van der Waals surface area contributed by atoms with E-state index in [1.54, 1.807) is 56.3 Å². The molecule has 0 aliphatic heterocycles. The lowest BCUT2D eigenvalue weighted by molar-refractivity contribution is -0.108. The summed E-state index contributed by atoms with van der Waals surface area (Å²) in [6.45, 7) is 12.4. The zero-order valence-corrected chi connectivity index (χ0v) is 17.5. The highest BCUT2D eigenvalue weighted by atomic mass is 32.2. The van der Waals surface area contributed by atoms with E-state index in [1.807, 2.05) is 6.92 Å². The van der Waals surface area contributed by atoms with Gasteiger partial charge in [-0.25, -0.2) is 4.79 Å². The molecule has 6 heteroatoms. The van der Waals surface area contributed by atoms with Gasteiger partial charge in [-0.2, -0.15) is 0 Å². The Morgan fingerprint density at radius 3 is 1.96 bits per heavy atom. The van der Waals surface area contributed by atoms with Gasteiger partial charge in [0.15, 0.2) is 0 Å². The van der Waals surface area contributed by atoms with Crippen molar-refractivity contribution in [1.82, 2.24) is 0 Å². The van der Waals surface area contributed by atoms with Gasteiger partial charge in [0.1, 0.15) is 5.75 Å². The van der Waals surface area contributed by atoms with Crippen molar-refractivity contribution in [2.45, 2.75) is 30.6 Å². The van der Waals surface area contributed by atoms with Gasteiger partial charge >= 0.3 is 5.97 Å². The lowest BCUT2D eigenvalue weighted by Gasteiger charge is -2.08. The quantitative estimate of drug-likeness (QED) is 0.266. The van der Waals surface area contributed by atoms with Crippen molar-refractivity contribution >= 4 is 39.7 Å². The minimum Gasteiger partial charge on any atom is -0.423 e. The third-order valence-corrected chi connectivity index (χ3v) is 5.81. The molecule has 0 aromatic heterocycles. The minimum atomic E-state index is -0.496. The number of aryl methyl sites for hydroxylation is 1. The van der Waals surface area contributed by atoms with Crippen LogP contribution < -0.4 is 4.74 Å². The molecule has 144 valence electrons. The Labute approximate surface area is 173 Å². The van der Waals surface area contributed by atoms with E-state index >= 15 is 0 Å². The van der Waals surface area contributed by atoms with E-state index in [0.29, 0.717) is 22.5 Å². The molecule has 0 spiro atoms. The molecule has 0 saturated heterocycles. The van der Waals surface area contributed by atoms with Crippen LogP contribution >= 0.6 is 23.5 Å². The fraction of sp³-hybridized carbons (Fsp3) is 0.136. The normalized spacial score (nSPS) is 10.2. The van der Waals surface area contributed by atoms with Crippen molar-refractivity contribution < 1.29 is 19.1 Å². The Balaban J connectivity index is 2.05. The number of hydrogen-bond donors (Lipinski definition) is 0. The topological polar surface area (TPSA) is 60.4 Å². The highest BCUT2D eigenvalue weighted by Crippen LogP contribution is 2.27. The molecule has 0 aliphatic carbocycles. The van der Waals surface area contributed by atoms with Crippen LogP contribution in [0.5, 0.6) is 5.75 Å². The summed E-state index contributed by atoms with van der Waals surface area (Å²) >= 11 is 2.16. The highest BCUT2D eigenvalue weighted by molar-refractivity contribution is 8.14. The molecule has 2 rings (SSSR count). The van der Waals surface area contributed by atoms with E-state index in [1.165, 1.54) is 0 Å². The summed E-state index contributed by atoms with van der Waals surface area (Å²) in [6.07, 6.45) is 0. The van der Waals surface area contributed by atoms with Gasteiger partial charge < -0.3 is 4.74 Å². The number of esters is 1. The molecule has 2 aromatic rings. The number of ether oxygens (including phenoxy) is 1. The van der Waals surface area contributed by atoms with Crippen molar-refractivity contribution in [2.24, 2.45) is 0 Å². The van der Waals surface area contributed by atoms with E-state index < -0.39 is 5.97 Å². The highest BCUT2D eigenvalue weighted by Gasteiger charge is 2.13. The molecule has 4 nitrogen and oxygen atoms in total. The number of hydrogen-bond acceptors (Lipinski definition) is 6. The second-order valence-corrected chi connectivity index (χ2v) is 8.24. The molecule has 0 aliphatic rings. The number of benzene rings is 2. The third-order valence-electron chi connectivity index (χ3n) is 3.56.